The summed E-state index contributed by atoms with van der Waals surface area (Å²) >= 11 is 0. The van der Waals surface area contributed by atoms with Crippen LogP contribution in [0, 0.1) is 0 Å². The molecule has 27 heavy (non-hydrogen) atoms. The Balaban J connectivity index is 1.32. The number of methoxy groups -OCH3 is 1. The minimum absolute atomic E-state index is 0.0304. The topological polar surface area (TPSA) is 67.0 Å². The Kier molecular flexibility index (Phi) is 5.10. The van der Waals surface area contributed by atoms with Crippen LogP contribution in [0.5, 0.6) is 5.75 Å². The number of aromatic nitrogens is 2. The minimum Gasteiger partial charge on any atom is -0.497 e. The predicted octanol–water partition coefficient (Wildman–Crippen LogP) is 4.20. The number of aryl methyl sites for hydroxylation is 1. The number of carbonyl (C=O) groups excluding carboxylic acids is 1. The largest absolute Gasteiger partial charge is 0.497 e. The van der Waals surface area contributed by atoms with Crippen LogP contribution in [-0.2, 0) is 6.42 Å². The maximum Gasteiger partial charge on any atom is 0.251 e. The zero-order valence-corrected chi connectivity index (χ0v) is 15.6. The van der Waals surface area contributed by atoms with Gasteiger partial charge in [-0.3, -0.25) is 4.79 Å². The third-order valence-corrected chi connectivity index (χ3v) is 5.49. The molecular formula is C22H25N3O2. The van der Waals surface area contributed by atoms with Gasteiger partial charge < -0.3 is 15.0 Å². The SMILES string of the molecule is COc1ccc2c(c1)C(CCCNC(=O)c1ccc3nc[nH]c3c1)CCC2. The van der Waals surface area contributed by atoms with Crippen LogP contribution in [0.2, 0.25) is 0 Å². The molecule has 1 aliphatic rings. The standard InChI is InChI=1S/C22H25N3O2/c1-27-18-9-7-16-5-2-4-15(19(16)13-18)6-3-11-23-22(26)17-8-10-20-21(12-17)25-14-24-20/h7-10,12-15H,2-6,11H2,1H3,(H,23,26)(H,24,25). The Morgan fingerprint density at radius 2 is 2.22 bits per heavy atom. The van der Waals surface area contributed by atoms with Crippen LogP contribution < -0.4 is 10.1 Å². The maximum atomic E-state index is 12.4. The molecule has 1 amide bonds. The zero-order valence-electron chi connectivity index (χ0n) is 15.6. The smallest absolute Gasteiger partial charge is 0.251 e. The van der Waals surface area contributed by atoms with Gasteiger partial charge in [-0.15, -0.1) is 0 Å². The molecule has 0 bridgehead atoms. The van der Waals surface area contributed by atoms with Gasteiger partial charge in [0.15, 0.2) is 0 Å². The maximum absolute atomic E-state index is 12.4. The van der Waals surface area contributed by atoms with Crippen molar-refractivity contribution >= 4 is 16.9 Å². The van der Waals surface area contributed by atoms with Crippen molar-refractivity contribution in [2.45, 2.75) is 38.0 Å². The van der Waals surface area contributed by atoms with Crippen LogP contribution in [-0.4, -0.2) is 29.5 Å². The number of ether oxygens (including phenoxy) is 1. The fraction of sp³-hybridized carbons (Fsp3) is 0.364. The van der Waals surface area contributed by atoms with E-state index < -0.39 is 0 Å². The van der Waals surface area contributed by atoms with E-state index in [0.717, 1.165) is 36.0 Å². The molecule has 1 heterocycles. The number of benzene rings is 2. The highest BCUT2D eigenvalue weighted by atomic mass is 16.5. The average molecular weight is 363 g/mol. The highest BCUT2D eigenvalue weighted by molar-refractivity contribution is 5.97. The summed E-state index contributed by atoms with van der Waals surface area (Å²) in [6.07, 6.45) is 7.30. The van der Waals surface area contributed by atoms with Crippen molar-refractivity contribution in [1.29, 1.82) is 0 Å². The first kappa shape index (κ1) is 17.6. The molecule has 5 nitrogen and oxygen atoms in total. The van der Waals surface area contributed by atoms with Crippen molar-refractivity contribution < 1.29 is 9.53 Å². The molecular weight excluding hydrogens is 338 g/mol. The highest BCUT2D eigenvalue weighted by Crippen LogP contribution is 2.36. The number of hydrogen-bond donors (Lipinski definition) is 2. The number of H-pyrrole nitrogens is 1. The van der Waals surface area contributed by atoms with Crippen molar-refractivity contribution in [2.24, 2.45) is 0 Å². The number of imidazole rings is 1. The lowest BCUT2D eigenvalue weighted by atomic mass is 9.80. The van der Waals surface area contributed by atoms with Crippen molar-refractivity contribution in [2.75, 3.05) is 13.7 Å². The highest BCUT2D eigenvalue weighted by Gasteiger charge is 2.20. The number of fused-ring (bicyclic) bond motifs is 2. The summed E-state index contributed by atoms with van der Waals surface area (Å²) in [5.74, 6) is 1.46. The molecule has 4 rings (SSSR count). The molecule has 1 aromatic heterocycles. The van der Waals surface area contributed by atoms with Crippen molar-refractivity contribution in [3.05, 3.63) is 59.4 Å². The summed E-state index contributed by atoms with van der Waals surface area (Å²) in [5, 5.41) is 3.04. The van der Waals surface area contributed by atoms with Gasteiger partial charge in [-0.25, -0.2) is 4.98 Å². The summed E-state index contributed by atoms with van der Waals surface area (Å²) in [5.41, 5.74) is 5.30. The average Bonchev–Trinajstić information content (AvgIpc) is 3.18. The Bertz CT molecular complexity index is 948. The number of amides is 1. The van der Waals surface area contributed by atoms with Gasteiger partial charge in [0, 0.05) is 12.1 Å². The van der Waals surface area contributed by atoms with Crippen LogP contribution in [0.4, 0.5) is 0 Å². The fourth-order valence-electron chi connectivity index (χ4n) is 4.03. The molecule has 2 aromatic carbocycles. The molecule has 3 aromatic rings. The second-order valence-electron chi connectivity index (χ2n) is 7.19. The van der Waals surface area contributed by atoms with Crippen molar-refractivity contribution in [3.63, 3.8) is 0 Å². The van der Waals surface area contributed by atoms with Crippen LogP contribution in [0.15, 0.2) is 42.7 Å². The van der Waals surface area contributed by atoms with Gasteiger partial charge in [-0.1, -0.05) is 6.07 Å². The van der Waals surface area contributed by atoms with E-state index in [2.05, 4.69) is 33.5 Å². The molecule has 1 unspecified atom stereocenters. The summed E-state index contributed by atoms with van der Waals surface area (Å²) in [7, 11) is 1.72. The number of carbonyl (C=O) groups is 1. The van der Waals surface area contributed by atoms with Gasteiger partial charge in [0.25, 0.3) is 5.91 Å². The molecule has 140 valence electrons. The Morgan fingerprint density at radius 1 is 1.30 bits per heavy atom. The number of nitrogens with zero attached hydrogens (tertiary/aromatic N) is 1. The number of hydrogen-bond acceptors (Lipinski definition) is 3. The summed E-state index contributed by atoms with van der Waals surface area (Å²) in [6, 6.07) is 12.0. The van der Waals surface area contributed by atoms with Gasteiger partial charge >= 0.3 is 0 Å². The molecule has 0 aliphatic heterocycles. The van der Waals surface area contributed by atoms with Gasteiger partial charge in [0.2, 0.25) is 0 Å². The fourth-order valence-corrected chi connectivity index (χ4v) is 4.03. The lowest BCUT2D eigenvalue weighted by Crippen LogP contribution is -2.25. The van der Waals surface area contributed by atoms with E-state index in [1.54, 1.807) is 13.4 Å². The molecule has 0 fully saturated rings. The summed E-state index contributed by atoms with van der Waals surface area (Å²) in [6.45, 7) is 0.690. The van der Waals surface area contributed by atoms with Gasteiger partial charge in [-0.2, -0.15) is 0 Å². The monoisotopic (exact) mass is 363 g/mol. The predicted molar refractivity (Wildman–Crippen MR) is 106 cm³/mol. The van der Waals surface area contributed by atoms with E-state index in [-0.39, 0.29) is 5.91 Å². The van der Waals surface area contributed by atoms with E-state index in [4.69, 9.17) is 4.74 Å². The first-order valence-corrected chi connectivity index (χ1v) is 9.63. The minimum atomic E-state index is -0.0304. The Labute approximate surface area is 159 Å². The summed E-state index contributed by atoms with van der Waals surface area (Å²) in [4.78, 5) is 19.6. The molecule has 0 radical (unpaired) electrons. The summed E-state index contributed by atoms with van der Waals surface area (Å²) < 4.78 is 5.40. The van der Waals surface area contributed by atoms with Crippen LogP contribution in [0.25, 0.3) is 11.0 Å². The Morgan fingerprint density at radius 3 is 3.11 bits per heavy atom. The van der Waals surface area contributed by atoms with Gasteiger partial charge in [-0.05, 0) is 79.5 Å². The third-order valence-electron chi connectivity index (χ3n) is 5.49. The molecule has 0 spiro atoms. The van der Waals surface area contributed by atoms with E-state index in [1.165, 1.54) is 24.0 Å². The molecule has 1 aliphatic carbocycles. The molecule has 0 saturated carbocycles. The van der Waals surface area contributed by atoms with E-state index in [1.807, 2.05) is 18.2 Å². The first-order chi connectivity index (χ1) is 13.2. The zero-order chi connectivity index (χ0) is 18.6. The quantitative estimate of drug-likeness (QED) is 0.645. The second kappa shape index (κ2) is 7.82. The van der Waals surface area contributed by atoms with Crippen molar-refractivity contribution in [1.82, 2.24) is 15.3 Å². The number of rotatable bonds is 6. The Hall–Kier alpha value is -2.82. The molecule has 5 heteroatoms. The van der Waals surface area contributed by atoms with Crippen LogP contribution in [0.3, 0.4) is 0 Å². The number of nitrogens with one attached hydrogen (secondary N) is 2. The normalized spacial score (nSPS) is 16.1. The van der Waals surface area contributed by atoms with Gasteiger partial charge in [0.05, 0.1) is 24.5 Å². The molecule has 1 atom stereocenters. The van der Waals surface area contributed by atoms with Crippen LogP contribution >= 0.6 is 0 Å². The number of aromatic amines is 1. The molecule has 0 saturated heterocycles. The second-order valence-corrected chi connectivity index (χ2v) is 7.19. The third kappa shape index (κ3) is 3.82. The lowest BCUT2D eigenvalue weighted by Gasteiger charge is -2.26. The van der Waals surface area contributed by atoms with Crippen LogP contribution in [0.1, 0.15) is 53.1 Å². The van der Waals surface area contributed by atoms with E-state index >= 15 is 0 Å². The van der Waals surface area contributed by atoms with E-state index in [0.29, 0.717) is 18.0 Å². The molecule has 2 N–H and O–H groups in total. The van der Waals surface area contributed by atoms with Crippen molar-refractivity contribution in [3.8, 4) is 5.75 Å². The van der Waals surface area contributed by atoms with Gasteiger partial charge in [0.1, 0.15) is 5.75 Å². The van der Waals surface area contributed by atoms with E-state index in [9.17, 15) is 4.79 Å². The first-order valence-electron chi connectivity index (χ1n) is 9.63. The lowest BCUT2D eigenvalue weighted by molar-refractivity contribution is 0.0953.